The summed E-state index contributed by atoms with van der Waals surface area (Å²) in [6.07, 6.45) is 3.25. The summed E-state index contributed by atoms with van der Waals surface area (Å²) >= 11 is 3.41. The minimum atomic E-state index is -1.21. The predicted molar refractivity (Wildman–Crippen MR) is 204 cm³/mol. The first-order valence-corrected chi connectivity index (χ1v) is 20.2. The van der Waals surface area contributed by atoms with Gasteiger partial charge in [-0.05, 0) is 54.1 Å². The van der Waals surface area contributed by atoms with Gasteiger partial charge in [-0.2, -0.15) is 0 Å². The molecular weight excluding hydrogens is 721 g/mol. The molecule has 0 aromatic heterocycles. The number of carbonyl (C=O) groups excluding carboxylic acids is 7. The van der Waals surface area contributed by atoms with Gasteiger partial charge in [-0.3, -0.25) is 28.8 Å². The number of ether oxygens (including phenoxy) is 1. The van der Waals surface area contributed by atoms with E-state index in [1.165, 1.54) is 9.80 Å². The fourth-order valence-corrected chi connectivity index (χ4v) is 9.57. The minimum Gasteiger partial charge on any atom is -0.449 e. The van der Waals surface area contributed by atoms with E-state index in [0.29, 0.717) is 24.3 Å². The van der Waals surface area contributed by atoms with Crippen LogP contribution in [0.5, 0.6) is 0 Å². The highest BCUT2D eigenvalue weighted by Crippen LogP contribution is 2.50. The van der Waals surface area contributed by atoms with Crippen LogP contribution in [0.2, 0.25) is 0 Å². The average molecular weight is 775 g/mol. The zero-order chi connectivity index (χ0) is 38.9. The van der Waals surface area contributed by atoms with Crippen molar-refractivity contribution in [2.45, 2.75) is 94.5 Å². The number of likely N-dealkylation sites (N-methyl/N-ethyl adjacent to an activating group) is 1. The van der Waals surface area contributed by atoms with Gasteiger partial charge < -0.3 is 35.8 Å². The lowest BCUT2D eigenvalue weighted by molar-refractivity contribution is -0.144. The van der Waals surface area contributed by atoms with Crippen LogP contribution in [-0.2, 0) is 33.5 Å². The van der Waals surface area contributed by atoms with Crippen LogP contribution >= 0.6 is 23.5 Å². The summed E-state index contributed by atoms with van der Waals surface area (Å²) in [7, 11) is 3.12. The quantitative estimate of drug-likeness (QED) is 0.193. The van der Waals surface area contributed by atoms with Gasteiger partial charge in [0.05, 0.1) is 23.3 Å². The third-order valence-corrected chi connectivity index (χ3v) is 12.7. The number of rotatable bonds is 15. The number of nitrogens with zero attached hydrogens (tertiary/aromatic N) is 2. The van der Waals surface area contributed by atoms with Gasteiger partial charge in [-0.1, -0.05) is 64.4 Å². The van der Waals surface area contributed by atoms with Crippen LogP contribution in [0.3, 0.4) is 0 Å². The molecule has 1 spiro atoms. The van der Waals surface area contributed by atoms with Crippen LogP contribution in [0, 0.1) is 11.3 Å². The number of hydrogen-bond acceptors (Lipinski definition) is 10. The number of amides is 6. The van der Waals surface area contributed by atoms with Crippen molar-refractivity contribution < 1.29 is 38.3 Å². The molecule has 16 heteroatoms. The lowest BCUT2D eigenvalue weighted by Crippen LogP contribution is -2.59. The van der Waals surface area contributed by atoms with Gasteiger partial charge in [0.25, 0.3) is 5.91 Å². The van der Waals surface area contributed by atoms with Gasteiger partial charge in [-0.15, -0.1) is 23.5 Å². The van der Waals surface area contributed by atoms with E-state index in [4.69, 9.17) is 4.74 Å². The van der Waals surface area contributed by atoms with Crippen molar-refractivity contribution >= 4 is 64.9 Å². The Labute approximate surface area is 320 Å². The van der Waals surface area contributed by atoms with Crippen molar-refractivity contribution in [2.24, 2.45) is 11.3 Å². The molecule has 4 rings (SSSR count). The van der Waals surface area contributed by atoms with Gasteiger partial charge in [0.15, 0.2) is 0 Å². The third kappa shape index (κ3) is 11.6. The fourth-order valence-electron chi connectivity index (χ4n) is 6.22. The fraction of sp³-hybridized carbons (Fsp3) is 0.649. The molecule has 53 heavy (non-hydrogen) atoms. The summed E-state index contributed by atoms with van der Waals surface area (Å²) in [5, 5.41) is 10.5. The molecule has 1 aliphatic carbocycles. The van der Waals surface area contributed by atoms with Crippen LogP contribution in [-0.4, -0.2) is 119 Å². The Hall–Kier alpha value is -3.79. The first-order valence-electron chi connectivity index (χ1n) is 18.2. The maximum absolute atomic E-state index is 14.3. The first kappa shape index (κ1) is 42.0. The number of nitrogens with one attached hydrogen (secondary N) is 4. The molecule has 2 saturated heterocycles. The van der Waals surface area contributed by atoms with E-state index in [1.807, 2.05) is 20.8 Å². The van der Waals surface area contributed by atoms with E-state index < -0.39 is 75.7 Å². The smallest absolute Gasteiger partial charge is 0.407 e. The summed E-state index contributed by atoms with van der Waals surface area (Å²) in [6, 6.07) is 4.49. The van der Waals surface area contributed by atoms with Gasteiger partial charge >= 0.3 is 6.09 Å². The Bertz CT molecular complexity index is 1510. The molecule has 4 atom stereocenters. The minimum absolute atomic E-state index is 0.145. The summed E-state index contributed by atoms with van der Waals surface area (Å²) < 4.78 is 4.95. The molecule has 3 aliphatic rings. The molecule has 2 unspecified atom stereocenters. The van der Waals surface area contributed by atoms with Crippen molar-refractivity contribution in [1.82, 2.24) is 31.1 Å². The molecule has 0 bridgehead atoms. The topological polar surface area (TPSA) is 183 Å². The summed E-state index contributed by atoms with van der Waals surface area (Å²) in [6.45, 7) is 7.29. The number of hydrogen-bond donors (Lipinski definition) is 4. The molecule has 1 saturated carbocycles. The maximum atomic E-state index is 14.3. The second kappa shape index (κ2) is 18.5. The van der Waals surface area contributed by atoms with Crippen molar-refractivity contribution in [2.75, 3.05) is 45.3 Å². The molecule has 2 heterocycles. The Balaban J connectivity index is 1.45. The second-order valence-corrected chi connectivity index (χ2v) is 18.4. The summed E-state index contributed by atoms with van der Waals surface area (Å²) in [4.78, 5) is 96.3. The van der Waals surface area contributed by atoms with Gasteiger partial charge in [0, 0.05) is 27.1 Å². The van der Waals surface area contributed by atoms with Gasteiger partial charge in [0.2, 0.25) is 29.4 Å². The Morgan fingerprint density at radius 3 is 2.23 bits per heavy atom. The molecular formula is C37H54N6O8S2. The zero-order valence-corrected chi connectivity index (χ0v) is 33.2. The third-order valence-electron chi connectivity index (χ3n) is 9.39. The van der Waals surface area contributed by atoms with Crippen LogP contribution < -0.4 is 21.3 Å². The van der Waals surface area contributed by atoms with E-state index in [9.17, 15) is 33.6 Å². The zero-order valence-electron chi connectivity index (χ0n) is 31.5. The highest BCUT2D eigenvalue weighted by atomic mass is 32.2. The molecule has 1 aromatic rings. The number of likely N-dealkylation sites (tertiary alicyclic amines) is 1. The Kier molecular flexibility index (Phi) is 14.6. The standard InChI is InChI=1S/C37H54N6O8S2/c1-7-12-25(29(45)32(47)38-20-27(44)40-28(33(48)42(5)6)24-13-9-8-10-14-24)39-31(46)26-19-37(52-17-11-18-53-37)22-43(26)34(49)30(36(2,3)4)41-35(50)51-21-23-15-16-23/h8-10,13-14,23,25-26,28,30H,7,11-12,15-22H2,1-6H3,(H,38,47)(H,39,46)(H,40,44)(H,41,50)/t25?,26?,28-,30+/m0/s1. The second-order valence-electron chi connectivity index (χ2n) is 15.2. The van der Waals surface area contributed by atoms with Crippen molar-refractivity contribution in [1.29, 1.82) is 0 Å². The van der Waals surface area contributed by atoms with Crippen LogP contribution in [0.1, 0.15) is 77.8 Å². The molecule has 3 fully saturated rings. The number of benzene rings is 1. The van der Waals surface area contributed by atoms with Crippen LogP contribution in [0.4, 0.5) is 4.79 Å². The van der Waals surface area contributed by atoms with Gasteiger partial charge in [-0.25, -0.2) is 4.79 Å². The monoisotopic (exact) mass is 774 g/mol. The van der Waals surface area contributed by atoms with Crippen molar-refractivity contribution in [3.63, 3.8) is 0 Å². The number of Topliss-reactive ketones (excluding diaryl/α,β-unsaturated/α-hetero) is 1. The molecule has 2 aliphatic heterocycles. The average Bonchev–Trinajstić information content (AvgIpc) is 3.89. The van der Waals surface area contributed by atoms with E-state index in [-0.39, 0.29) is 25.5 Å². The predicted octanol–water partition coefficient (Wildman–Crippen LogP) is 2.62. The van der Waals surface area contributed by atoms with E-state index in [0.717, 1.165) is 30.8 Å². The summed E-state index contributed by atoms with van der Waals surface area (Å²) in [5.74, 6) is -1.96. The van der Waals surface area contributed by atoms with Crippen LogP contribution in [0.15, 0.2) is 30.3 Å². The molecule has 6 amide bonds. The van der Waals surface area contributed by atoms with E-state index in [2.05, 4.69) is 21.3 Å². The Morgan fingerprint density at radius 1 is 0.981 bits per heavy atom. The lowest BCUT2D eigenvalue weighted by Gasteiger charge is -2.36. The van der Waals surface area contributed by atoms with Crippen LogP contribution in [0.25, 0.3) is 0 Å². The van der Waals surface area contributed by atoms with Crippen molar-refractivity contribution in [3.8, 4) is 0 Å². The number of ketones is 1. The van der Waals surface area contributed by atoms with Crippen molar-refractivity contribution in [3.05, 3.63) is 35.9 Å². The lowest BCUT2D eigenvalue weighted by atomic mass is 9.85. The highest BCUT2D eigenvalue weighted by Gasteiger charge is 2.53. The Morgan fingerprint density at radius 2 is 1.64 bits per heavy atom. The molecule has 292 valence electrons. The highest BCUT2D eigenvalue weighted by molar-refractivity contribution is 8.18. The van der Waals surface area contributed by atoms with E-state index in [1.54, 1.807) is 74.9 Å². The summed E-state index contributed by atoms with van der Waals surface area (Å²) in [5.41, 5.74) is -0.164. The molecule has 0 radical (unpaired) electrons. The maximum Gasteiger partial charge on any atom is 0.407 e. The normalized spacial score (nSPS) is 19.7. The number of alkyl carbamates (subject to hydrolysis) is 1. The molecule has 4 N–H and O–H groups in total. The number of thioether (sulfide) groups is 2. The molecule has 14 nitrogen and oxygen atoms in total. The van der Waals surface area contributed by atoms with E-state index >= 15 is 0 Å². The largest absolute Gasteiger partial charge is 0.449 e. The number of carbonyl (C=O) groups is 7. The SMILES string of the molecule is CCCC(NC(=O)C1CC2(CN1C(=O)[C@@H](NC(=O)OCC1CC1)C(C)(C)C)SCCCS2)C(=O)C(=O)NCC(=O)N[C@H](C(=O)N(C)C)c1ccccc1. The molecule has 1 aromatic carbocycles. The van der Waals surface area contributed by atoms with Gasteiger partial charge in [0.1, 0.15) is 18.1 Å². The first-order chi connectivity index (χ1) is 25.0.